The van der Waals surface area contributed by atoms with Crippen LogP contribution >= 0.6 is 0 Å². The van der Waals surface area contributed by atoms with Crippen molar-refractivity contribution in [1.82, 2.24) is 0 Å². The van der Waals surface area contributed by atoms with Crippen molar-refractivity contribution in [2.45, 2.75) is 38.5 Å². The van der Waals surface area contributed by atoms with Gasteiger partial charge in [-0.1, -0.05) is 11.6 Å². The number of hydrogen-bond acceptors (Lipinski definition) is 2. The molecule has 0 aromatic heterocycles. The molecule has 0 unspecified atom stereocenters. The van der Waals surface area contributed by atoms with E-state index in [9.17, 15) is 9.59 Å². The van der Waals surface area contributed by atoms with Crippen LogP contribution in [0.25, 0.3) is 0 Å². The van der Waals surface area contributed by atoms with E-state index < -0.39 is 0 Å². The minimum atomic E-state index is -0.353. The third-order valence-corrected chi connectivity index (χ3v) is 3.62. The van der Waals surface area contributed by atoms with Crippen LogP contribution in [0.1, 0.15) is 38.5 Å². The van der Waals surface area contributed by atoms with Gasteiger partial charge in [-0.25, -0.2) is 0 Å². The minimum Gasteiger partial charge on any atom is -0.299 e. The molecule has 1 fully saturated rings. The van der Waals surface area contributed by atoms with Gasteiger partial charge in [0.1, 0.15) is 5.78 Å². The van der Waals surface area contributed by atoms with Crippen molar-refractivity contribution >= 4 is 11.6 Å². The first-order chi connectivity index (χ1) is 7.19. The minimum absolute atomic E-state index is 0.180. The van der Waals surface area contributed by atoms with Crippen LogP contribution in [-0.2, 0) is 9.59 Å². The van der Waals surface area contributed by atoms with E-state index >= 15 is 0 Å². The standard InChI is InChI=1S/C13H16O2/c1-2-7-13-8-6-11(14)9-10(13)4-3-5-12(13)15/h2,9H,1,3-8H2/t13-/m0/s1. The molecule has 0 N–H and O–H groups in total. The van der Waals surface area contributed by atoms with Gasteiger partial charge in [-0.3, -0.25) is 9.59 Å². The van der Waals surface area contributed by atoms with Crippen LogP contribution in [-0.4, -0.2) is 11.6 Å². The zero-order valence-electron chi connectivity index (χ0n) is 8.92. The van der Waals surface area contributed by atoms with Gasteiger partial charge in [-0.15, -0.1) is 6.58 Å². The Morgan fingerprint density at radius 3 is 2.87 bits per heavy atom. The number of rotatable bonds is 2. The third-order valence-electron chi connectivity index (χ3n) is 3.62. The van der Waals surface area contributed by atoms with Gasteiger partial charge in [0.2, 0.25) is 0 Å². The monoisotopic (exact) mass is 204 g/mol. The molecule has 0 bridgehead atoms. The Hall–Kier alpha value is -1.18. The summed E-state index contributed by atoms with van der Waals surface area (Å²) in [6.07, 6.45) is 7.91. The Morgan fingerprint density at radius 2 is 2.13 bits per heavy atom. The van der Waals surface area contributed by atoms with Crippen molar-refractivity contribution in [3.05, 3.63) is 24.3 Å². The molecule has 0 spiro atoms. The highest BCUT2D eigenvalue weighted by atomic mass is 16.1. The Kier molecular flexibility index (Phi) is 2.59. The van der Waals surface area contributed by atoms with Crippen LogP contribution in [0.2, 0.25) is 0 Å². The van der Waals surface area contributed by atoms with Crippen LogP contribution < -0.4 is 0 Å². The first-order valence-corrected chi connectivity index (χ1v) is 5.57. The molecule has 0 aromatic carbocycles. The zero-order valence-corrected chi connectivity index (χ0v) is 8.92. The molecule has 0 saturated heterocycles. The van der Waals surface area contributed by atoms with Gasteiger partial charge in [0.15, 0.2) is 5.78 Å². The largest absolute Gasteiger partial charge is 0.299 e. The molecular formula is C13H16O2. The maximum atomic E-state index is 12.0. The number of allylic oxidation sites excluding steroid dienone is 3. The first kappa shape index (κ1) is 10.3. The van der Waals surface area contributed by atoms with Crippen LogP contribution in [0.4, 0.5) is 0 Å². The van der Waals surface area contributed by atoms with Gasteiger partial charge in [0.05, 0.1) is 5.41 Å². The number of hydrogen-bond donors (Lipinski definition) is 0. The number of Topliss-reactive ketones (excluding diaryl/α,β-unsaturated/α-hetero) is 1. The fourth-order valence-electron chi connectivity index (χ4n) is 2.80. The SMILES string of the molecule is C=CC[C@]12CCC(=O)C=C1CCCC2=O. The lowest BCUT2D eigenvalue weighted by Gasteiger charge is -2.39. The molecule has 15 heavy (non-hydrogen) atoms. The lowest BCUT2D eigenvalue weighted by molar-refractivity contribution is -0.129. The average Bonchev–Trinajstić information content (AvgIpc) is 2.21. The van der Waals surface area contributed by atoms with Gasteiger partial charge in [-0.2, -0.15) is 0 Å². The van der Waals surface area contributed by atoms with Crippen molar-refractivity contribution in [2.24, 2.45) is 5.41 Å². The molecule has 2 nitrogen and oxygen atoms in total. The number of fused-ring (bicyclic) bond motifs is 1. The van der Waals surface area contributed by atoms with E-state index in [1.54, 1.807) is 6.08 Å². The highest BCUT2D eigenvalue weighted by molar-refractivity contribution is 5.98. The van der Waals surface area contributed by atoms with Crippen LogP contribution in [0.15, 0.2) is 24.3 Å². The van der Waals surface area contributed by atoms with E-state index in [1.165, 1.54) is 0 Å². The maximum absolute atomic E-state index is 12.0. The molecular weight excluding hydrogens is 188 g/mol. The first-order valence-electron chi connectivity index (χ1n) is 5.57. The maximum Gasteiger partial charge on any atom is 0.155 e. The molecule has 2 aliphatic rings. The molecule has 1 atom stereocenters. The molecule has 0 aliphatic heterocycles. The lowest BCUT2D eigenvalue weighted by Crippen LogP contribution is -2.39. The Bertz CT molecular complexity index is 352. The number of ketones is 2. The molecule has 0 amide bonds. The van der Waals surface area contributed by atoms with Gasteiger partial charge in [-0.05, 0) is 31.8 Å². The van der Waals surface area contributed by atoms with E-state index in [-0.39, 0.29) is 11.2 Å². The highest BCUT2D eigenvalue weighted by Crippen LogP contribution is 2.47. The molecule has 0 radical (unpaired) electrons. The summed E-state index contributed by atoms with van der Waals surface area (Å²) in [5, 5.41) is 0. The van der Waals surface area contributed by atoms with E-state index in [4.69, 9.17) is 0 Å². The molecule has 2 heteroatoms. The van der Waals surface area contributed by atoms with Crippen molar-refractivity contribution in [3.8, 4) is 0 Å². The van der Waals surface area contributed by atoms with Crippen molar-refractivity contribution in [2.75, 3.05) is 0 Å². The Labute approximate surface area is 90.1 Å². The van der Waals surface area contributed by atoms with Crippen LogP contribution in [0, 0.1) is 5.41 Å². The highest BCUT2D eigenvalue weighted by Gasteiger charge is 2.44. The third kappa shape index (κ3) is 1.58. The second kappa shape index (κ2) is 3.76. The molecule has 0 heterocycles. The van der Waals surface area contributed by atoms with Crippen LogP contribution in [0.5, 0.6) is 0 Å². The summed E-state index contributed by atoms with van der Waals surface area (Å²) in [5.41, 5.74) is 0.711. The lowest BCUT2D eigenvalue weighted by atomic mass is 9.62. The smallest absolute Gasteiger partial charge is 0.155 e. The average molecular weight is 204 g/mol. The van der Waals surface area contributed by atoms with Gasteiger partial charge in [0, 0.05) is 12.8 Å². The fraction of sp³-hybridized carbons (Fsp3) is 0.538. The van der Waals surface area contributed by atoms with Crippen molar-refractivity contribution < 1.29 is 9.59 Å². The Morgan fingerprint density at radius 1 is 1.33 bits per heavy atom. The summed E-state index contributed by atoms with van der Waals surface area (Å²) in [6, 6.07) is 0. The van der Waals surface area contributed by atoms with Crippen molar-refractivity contribution in [1.29, 1.82) is 0 Å². The second-order valence-corrected chi connectivity index (χ2v) is 4.49. The van der Waals surface area contributed by atoms with E-state index in [2.05, 4.69) is 6.58 Å². The zero-order chi connectivity index (χ0) is 10.9. The van der Waals surface area contributed by atoms with E-state index in [0.29, 0.717) is 31.5 Å². The number of carbonyl (C=O) groups excluding carboxylic acids is 2. The summed E-state index contributed by atoms with van der Waals surface area (Å²) in [6.45, 7) is 3.73. The van der Waals surface area contributed by atoms with Crippen LogP contribution in [0.3, 0.4) is 0 Å². The summed E-state index contributed by atoms with van der Waals surface area (Å²) >= 11 is 0. The summed E-state index contributed by atoms with van der Waals surface area (Å²) in [4.78, 5) is 23.4. The summed E-state index contributed by atoms with van der Waals surface area (Å²) in [5.74, 6) is 0.492. The molecule has 0 aromatic rings. The van der Waals surface area contributed by atoms with E-state index in [0.717, 1.165) is 18.4 Å². The quantitative estimate of drug-likeness (QED) is 0.648. The fourth-order valence-corrected chi connectivity index (χ4v) is 2.80. The predicted molar refractivity (Wildman–Crippen MR) is 58.4 cm³/mol. The summed E-state index contributed by atoms with van der Waals surface area (Å²) < 4.78 is 0. The molecule has 80 valence electrons. The van der Waals surface area contributed by atoms with Crippen molar-refractivity contribution in [3.63, 3.8) is 0 Å². The topological polar surface area (TPSA) is 34.1 Å². The summed E-state index contributed by atoms with van der Waals surface area (Å²) in [7, 11) is 0. The molecule has 2 aliphatic carbocycles. The molecule has 1 saturated carbocycles. The van der Waals surface area contributed by atoms with Gasteiger partial charge < -0.3 is 0 Å². The number of carbonyl (C=O) groups is 2. The van der Waals surface area contributed by atoms with Gasteiger partial charge in [0.25, 0.3) is 0 Å². The second-order valence-electron chi connectivity index (χ2n) is 4.49. The Balaban J connectivity index is 2.41. The van der Waals surface area contributed by atoms with E-state index in [1.807, 2.05) is 6.08 Å². The van der Waals surface area contributed by atoms with Gasteiger partial charge >= 0.3 is 0 Å². The normalized spacial score (nSPS) is 30.8. The predicted octanol–water partition coefficient (Wildman–Crippen LogP) is 2.59. The molecule has 2 rings (SSSR count).